The first-order valence-corrected chi connectivity index (χ1v) is 8.33. The number of benzene rings is 1. The maximum atomic E-state index is 11.8. The van der Waals surface area contributed by atoms with Crippen LogP contribution in [0.3, 0.4) is 0 Å². The summed E-state index contributed by atoms with van der Waals surface area (Å²) < 4.78 is 27.9. The minimum Gasteiger partial charge on any atom is -0.467 e. The summed E-state index contributed by atoms with van der Waals surface area (Å²) in [5, 5.41) is 5.27. The zero-order chi connectivity index (χ0) is 15.3. The molecule has 0 atom stereocenters. The zero-order valence-electron chi connectivity index (χ0n) is 11.5. The van der Waals surface area contributed by atoms with Gasteiger partial charge in [-0.1, -0.05) is 18.2 Å². The summed E-state index contributed by atoms with van der Waals surface area (Å²) in [6, 6.07) is 9.84. The summed E-state index contributed by atoms with van der Waals surface area (Å²) in [4.78, 5) is 11.8. The lowest BCUT2D eigenvalue weighted by Gasteiger charge is -2.11. The highest BCUT2D eigenvalue weighted by Gasteiger charge is 2.11. The van der Waals surface area contributed by atoms with Crippen molar-refractivity contribution in [3.05, 3.63) is 54.0 Å². The van der Waals surface area contributed by atoms with Crippen molar-refractivity contribution >= 4 is 21.6 Å². The van der Waals surface area contributed by atoms with Gasteiger partial charge in [0, 0.05) is 11.9 Å². The van der Waals surface area contributed by atoms with Gasteiger partial charge in [-0.25, -0.2) is 13.2 Å². The van der Waals surface area contributed by atoms with Crippen LogP contribution in [0.1, 0.15) is 11.3 Å². The maximum Gasteiger partial charge on any atom is 0.319 e. The van der Waals surface area contributed by atoms with Gasteiger partial charge in [0.1, 0.15) is 5.76 Å². The van der Waals surface area contributed by atoms with Crippen LogP contribution in [0.5, 0.6) is 0 Å². The van der Waals surface area contributed by atoms with E-state index in [-0.39, 0.29) is 12.3 Å². The fourth-order valence-corrected chi connectivity index (χ4v) is 2.61. The van der Waals surface area contributed by atoms with E-state index in [0.717, 1.165) is 6.26 Å². The summed E-state index contributed by atoms with van der Waals surface area (Å²) in [6.45, 7) is 0.257. The number of rotatable bonds is 5. The van der Waals surface area contributed by atoms with Crippen LogP contribution in [-0.2, 0) is 22.1 Å². The molecule has 2 aromatic rings. The molecule has 21 heavy (non-hydrogen) atoms. The van der Waals surface area contributed by atoms with Gasteiger partial charge < -0.3 is 15.1 Å². The first kappa shape index (κ1) is 15.1. The molecule has 1 heterocycles. The highest BCUT2D eigenvalue weighted by atomic mass is 32.2. The van der Waals surface area contributed by atoms with E-state index in [2.05, 4.69) is 10.6 Å². The highest BCUT2D eigenvalue weighted by molar-refractivity contribution is 7.89. The Morgan fingerprint density at radius 2 is 1.95 bits per heavy atom. The number of sulfone groups is 1. The Balaban J connectivity index is 2.00. The molecule has 0 bridgehead atoms. The molecule has 2 amide bonds. The van der Waals surface area contributed by atoms with E-state index in [4.69, 9.17) is 4.42 Å². The first-order chi connectivity index (χ1) is 9.94. The molecule has 112 valence electrons. The predicted octanol–water partition coefficient (Wildman–Crippen LogP) is 2.15. The second kappa shape index (κ2) is 6.45. The Morgan fingerprint density at radius 3 is 2.62 bits per heavy atom. The Labute approximate surface area is 123 Å². The summed E-state index contributed by atoms with van der Waals surface area (Å²) in [7, 11) is -3.17. The minimum absolute atomic E-state index is 0.123. The van der Waals surface area contributed by atoms with E-state index < -0.39 is 15.9 Å². The van der Waals surface area contributed by atoms with E-state index in [1.165, 1.54) is 6.26 Å². The molecule has 1 aromatic carbocycles. The molecule has 0 saturated heterocycles. The Hall–Kier alpha value is -2.28. The van der Waals surface area contributed by atoms with Crippen molar-refractivity contribution in [1.82, 2.24) is 5.32 Å². The van der Waals surface area contributed by atoms with Gasteiger partial charge >= 0.3 is 6.03 Å². The smallest absolute Gasteiger partial charge is 0.319 e. The Bertz CT molecular complexity index is 708. The van der Waals surface area contributed by atoms with Gasteiger partial charge in [-0.15, -0.1) is 0 Å². The third kappa shape index (κ3) is 4.96. The fraction of sp³-hybridized carbons (Fsp3) is 0.214. The first-order valence-electron chi connectivity index (χ1n) is 6.27. The van der Waals surface area contributed by atoms with Crippen LogP contribution < -0.4 is 10.6 Å². The van der Waals surface area contributed by atoms with Crippen molar-refractivity contribution in [3.63, 3.8) is 0 Å². The van der Waals surface area contributed by atoms with Crippen LogP contribution in [0.15, 0.2) is 47.1 Å². The van der Waals surface area contributed by atoms with Gasteiger partial charge in [-0.05, 0) is 23.8 Å². The van der Waals surface area contributed by atoms with E-state index in [1.54, 1.807) is 36.4 Å². The minimum atomic E-state index is -3.17. The molecular weight excluding hydrogens is 292 g/mol. The molecule has 0 unspecified atom stereocenters. The number of hydrogen-bond donors (Lipinski definition) is 2. The summed E-state index contributed by atoms with van der Waals surface area (Å²) in [6.07, 6.45) is 2.68. The van der Waals surface area contributed by atoms with Crippen molar-refractivity contribution in [2.75, 3.05) is 11.6 Å². The summed E-state index contributed by atoms with van der Waals surface area (Å²) >= 11 is 0. The van der Waals surface area contributed by atoms with E-state index in [9.17, 15) is 13.2 Å². The molecule has 0 spiro atoms. The number of amides is 2. The molecular formula is C14H16N2O4S. The summed E-state index contributed by atoms with van der Waals surface area (Å²) in [5.41, 5.74) is 1.02. The third-order valence-electron chi connectivity index (χ3n) is 2.69. The topological polar surface area (TPSA) is 88.4 Å². The molecule has 0 aliphatic carbocycles. The fourth-order valence-electron chi connectivity index (χ4n) is 1.80. The molecule has 1 aromatic heterocycles. The number of urea groups is 1. The van der Waals surface area contributed by atoms with Crippen molar-refractivity contribution < 1.29 is 17.6 Å². The molecule has 0 aliphatic rings. The summed E-state index contributed by atoms with van der Waals surface area (Å²) in [5.74, 6) is 0.510. The van der Waals surface area contributed by atoms with E-state index in [1.807, 2.05) is 0 Å². The molecule has 6 nitrogen and oxygen atoms in total. The van der Waals surface area contributed by atoms with Gasteiger partial charge in [0.25, 0.3) is 0 Å². The largest absolute Gasteiger partial charge is 0.467 e. The van der Waals surface area contributed by atoms with Gasteiger partial charge in [-0.2, -0.15) is 0 Å². The van der Waals surface area contributed by atoms with Crippen molar-refractivity contribution in [2.24, 2.45) is 0 Å². The van der Waals surface area contributed by atoms with Crippen LogP contribution in [0, 0.1) is 0 Å². The lowest BCUT2D eigenvalue weighted by molar-refractivity contribution is 0.251. The maximum absolute atomic E-state index is 11.8. The number of carbonyl (C=O) groups is 1. The number of nitrogens with one attached hydrogen (secondary N) is 2. The van der Waals surface area contributed by atoms with Crippen molar-refractivity contribution in [2.45, 2.75) is 12.3 Å². The molecule has 7 heteroatoms. The highest BCUT2D eigenvalue weighted by Crippen LogP contribution is 2.17. The Kier molecular flexibility index (Phi) is 4.64. The number of carbonyl (C=O) groups excluding carboxylic acids is 1. The van der Waals surface area contributed by atoms with E-state index in [0.29, 0.717) is 17.0 Å². The number of anilines is 1. The van der Waals surface area contributed by atoms with Crippen molar-refractivity contribution in [3.8, 4) is 0 Å². The zero-order valence-corrected chi connectivity index (χ0v) is 12.3. The molecule has 0 aliphatic heterocycles. The second-order valence-electron chi connectivity index (χ2n) is 4.61. The lowest BCUT2D eigenvalue weighted by Crippen LogP contribution is -2.28. The van der Waals surface area contributed by atoms with Gasteiger partial charge in [-0.3, -0.25) is 0 Å². The average Bonchev–Trinajstić information content (AvgIpc) is 2.90. The van der Waals surface area contributed by atoms with Gasteiger partial charge in [0.05, 0.1) is 18.6 Å². The molecule has 0 radical (unpaired) electrons. The SMILES string of the molecule is CS(=O)(=O)Cc1ccccc1NC(=O)NCc1ccco1. The Morgan fingerprint density at radius 1 is 1.19 bits per heavy atom. The van der Waals surface area contributed by atoms with Crippen LogP contribution in [0.4, 0.5) is 10.5 Å². The van der Waals surface area contributed by atoms with Crippen LogP contribution >= 0.6 is 0 Å². The molecule has 0 saturated carbocycles. The average molecular weight is 308 g/mol. The van der Waals surface area contributed by atoms with Crippen LogP contribution in [0.25, 0.3) is 0 Å². The van der Waals surface area contributed by atoms with E-state index >= 15 is 0 Å². The quantitative estimate of drug-likeness (QED) is 0.885. The number of para-hydroxylation sites is 1. The van der Waals surface area contributed by atoms with Crippen LogP contribution in [-0.4, -0.2) is 20.7 Å². The van der Waals surface area contributed by atoms with Gasteiger partial charge in [0.2, 0.25) is 0 Å². The second-order valence-corrected chi connectivity index (χ2v) is 6.75. The normalized spacial score (nSPS) is 11.1. The number of furan rings is 1. The van der Waals surface area contributed by atoms with Crippen LogP contribution in [0.2, 0.25) is 0 Å². The third-order valence-corrected chi connectivity index (χ3v) is 3.52. The standard InChI is InChI=1S/C14H16N2O4S/c1-21(18,19)10-11-5-2-3-7-13(11)16-14(17)15-9-12-6-4-8-20-12/h2-8H,9-10H2,1H3,(H2,15,16,17). The molecule has 2 rings (SSSR count). The monoisotopic (exact) mass is 308 g/mol. The number of hydrogen-bond acceptors (Lipinski definition) is 4. The lowest BCUT2D eigenvalue weighted by atomic mass is 10.2. The molecule has 0 fully saturated rings. The van der Waals surface area contributed by atoms with Crippen molar-refractivity contribution in [1.29, 1.82) is 0 Å². The predicted molar refractivity (Wildman–Crippen MR) is 79.6 cm³/mol. The molecule has 2 N–H and O–H groups in total. The van der Waals surface area contributed by atoms with Gasteiger partial charge in [0.15, 0.2) is 9.84 Å².